The molecule has 0 aliphatic carbocycles. The SMILES string of the molecule is Cc1nc(-c2nnn(-c3ccccc3)c2C)sc1C(=O)N(C)Cc1ccccc1. The summed E-state index contributed by atoms with van der Waals surface area (Å²) in [5.41, 5.74) is 4.33. The molecule has 6 nitrogen and oxygen atoms in total. The van der Waals surface area contributed by atoms with Crippen molar-refractivity contribution in [3.05, 3.63) is 82.5 Å². The molecule has 1 amide bonds. The molecular formula is C22H21N5OS. The van der Waals surface area contributed by atoms with Crippen molar-refractivity contribution in [2.45, 2.75) is 20.4 Å². The van der Waals surface area contributed by atoms with Crippen LogP contribution in [0.25, 0.3) is 16.4 Å². The van der Waals surface area contributed by atoms with Crippen LogP contribution in [0, 0.1) is 13.8 Å². The van der Waals surface area contributed by atoms with E-state index in [2.05, 4.69) is 15.3 Å². The van der Waals surface area contributed by atoms with Gasteiger partial charge in [-0.3, -0.25) is 4.79 Å². The van der Waals surface area contributed by atoms with E-state index < -0.39 is 0 Å². The number of carbonyl (C=O) groups excluding carboxylic acids is 1. The molecule has 0 aliphatic heterocycles. The summed E-state index contributed by atoms with van der Waals surface area (Å²) >= 11 is 1.36. The third kappa shape index (κ3) is 3.82. The summed E-state index contributed by atoms with van der Waals surface area (Å²) in [5, 5.41) is 9.31. The maximum atomic E-state index is 13.0. The van der Waals surface area contributed by atoms with Gasteiger partial charge in [0.15, 0.2) is 0 Å². The molecule has 7 heteroatoms. The molecule has 0 radical (unpaired) electrons. The first-order chi connectivity index (χ1) is 14.0. The lowest BCUT2D eigenvalue weighted by Crippen LogP contribution is -2.26. The van der Waals surface area contributed by atoms with Crippen LogP contribution in [-0.4, -0.2) is 37.8 Å². The zero-order chi connectivity index (χ0) is 20.4. The van der Waals surface area contributed by atoms with Crippen LogP contribution in [0.2, 0.25) is 0 Å². The molecule has 0 atom stereocenters. The van der Waals surface area contributed by atoms with Crippen molar-refractivity contribution in [1.82, 2.24) is 24.9 Å². The molecule has 4 rings (SSSR count). The smallest absolute Gasteiger partial charge is 0.265 e. The molecular weight excluding hydrogens is 382 g/mol. The minimum absolute atomic E-state index is 0.0387. The molecule has 0 saturated heterocycles. The Bertz CT molecular complexity index is 1130. The number of carbonyl (C=O) groups is 1. The molecule has 0 fully saturated rings. The van der Waals surface area contributed by atoms with Crippen molar-refractivity contribution in [2.24, 2.45) is 0 Å². The molecule has 146 valence electrons. The van der Waals surface area contributed by atoms with E-state index in [1.807, 2.05) is 81.6 Å². The van der Waals surface area contributed by atoms with Gasteiger partial charge in [-0.15, -0.1) is 16.4 Å². The Morgan fingerprint density at radius 3 is 2.38 bits per heavy atom. The van der Waals surface area contributed by atoms with Crippen LogP contribution in [0.5, 0.6) is 0 Å². The van der Waals surface area contributed by atoms with Crippen LogP contribution in [0.1, 0.15) is 26.6 Å². The molecule has 0 bridgehead atoms. The first-order valence-electron chi connectivity index (χ1n) is 9.29. The van der Waals surface area contributed by atoms with Crippen LogP contribution in [0.3, 0.4) is 0 Å². The van der Waals surface area contributed by atoms with E-state index >= 15 is 0 Å². The van der Waals surface area contributed by atoms with Crippen molar-refractivity contribution in [3.8, 4) is 16.4 Å². The average molecular weight is 404 g/mol. The monoisotopic (exact) mass is 403 g/mol. The van der Waals surface area contributed by atoms with Crippen LogP contribution in [0.4, 0.5) is 0 Å². The summed E-state index contributed by atoms with van der Waals surface area (Å²) in [6, 6.07) is 19.8. The number of rotatable bonds is 5. The summed E-state index contributed by atoms with van der Waals surface area (Å²) in [4.78, 5) is 19.9. The van der Waals surface area contributed by atoms with E-state index in [0.717, 1.165) is 16.9 Å². The second kappa shape index (κ2) is 7.97. The maximum absolute atomic E-state index is 13.0. The van der Waals surface area contributed by atoms with Crippen LogP contribution >= 0.6 is 11.3 Å². The molecule has 2 aromatic carbocycles. The number of aryl methyl sites for hydroxylation is 1. The summed E-state index contributed by atoms with van der Waals surface area (Å²) in [7, 11) is 1.81. The van der Waals surface area contributed by atoms with Crippen LogP contribution in [-0.2, 0) is 6.54 Å². The highest BCUT2D eigenvalue weighted by molar-refractivity contribution is 7.17. The van der Waals surface area contributed by atoms with Crippen molar-refractivity contribution in [3.63, 3.8) is 0 Å². The van der Waals surface area contributed by atoms with Gasteiger partial charge in [-0.25, -0.2) is 9.67 Å². The van der Waals surface area contributed by atoms with Gasteiger partial charge in [0, 0.05) is 13.6 Å². The molecule has 0 aliphatic rings. The normalized spacial score (nSPS) is 10.9. The average Bonchev–Trinajstić information content (AvgIpc) is 3.31. The van der Waals surface area contributed by atoms with Crippen LogP contribution in [0.15, 0.2) is 60.7 Å². The largest absolute Gasteiger partial charge is 0.337 e. The number of benzene rings is 2. The first-order valence-corrected chi connectivity index (χ1v) is 10.1. The Labute approximate surface area is 173 Å². The second-order valence-corrected chi connectivity index (χ2v) is 7.85. The number of nitrogens with zero attached hydrogens (tertiary/aromatic N) is 5. The highest BCUT2D eigenvalue weighted by Gasteiger charge is 2.22. The van der Waals surface area contributed by atoms with E-state index in [1.165, 1.54) is 11.3 Å². The third-order valence-electron chi connectivity index (χ3n) is 4.70. The van der Waals surface area contributed by atoms with E-state index in [4.69, 9.17) is 0 Å². The van der Waals surface area contributed by atoms with E-state index in [1.54, 1.807) is 9.58 Å². The zero-order valence-electron chi connectivity index (χ0n) is 16.5. The molecule has 0 saturated carbocycles. The second-order valence-electron chi connectivity index (χ2n) is 6.85. The molecule has 0 N–H and O–H groups in total. The molecule has 2 heterocycles. The van der Waals surface area contributed by atoms with Gasteiger partial charge in [0.2, 0.25) is 0 Å². The fraction of sp³-hybridized carbons (Fsp3) is 0.182. The summed E-state index contributed by atoms with van der Waals surface area (Å²) in [5.74, 6) is -0.0387. The Kier molecular flexibility index (Phi) is 5.22. The summed E-state index contributed by atoms with van der Waals surface area (Å²) in [6.45, 7) is 4.37. The van der Waals surface area contributed by atoms with E-state index in [0.29, 0.717) is 27.8 Å². The minimum atomic E-state index is -0.0387. The maximum Gasteiger partial charge on any atom is 0.265 e. The lowest BCUT2D eigenvalue weighted by Gasteiger charge is -2.16. The Morgan fingerprint density at radius 2 is 1.69 bits per heavy atom. The topological polar surface area (TPSA) is 63.9 Å². The van der Waals surface area contributed by atoms with Gasteiger partial charge in [-0.05, 0) is 31.5 Å². The molecule has 2 aromatic heterocycles. The van der Waals surface area contributed by atoms with Crippen molar-refractivity contribution >= 4 is 17.2 Å². The molecule has 0 unspecified atom stereocenters. The summed E-state index contributed by atoms with van der Waals surface area (Å²) in [6.07, 6.45) is 0. The van der Waals surface area contributed by atoms with E-state index in [-0.39, 0.29) is 5.91 Å². The Hall–Kier alpha value is -3.32. The first kappa shape index (κ1) is 19.0. The number of hydrogen-bond acceptors (Lipinski definition) is 5. The minimum Gasteiger partial charge on any atom is -0.337 e. The quantitative estimate of drug-likeness (QED) is 0.499. The van der Waals surface area contributed by atoms with Gasteiger partial charge >= 0.3 is 0 Å². The predicted octanol–water partition coefficient (Wildman–Crippen LogP) is 4.28. The van der Waals surface area contributed by atoms with Gasteiger partial charge in [-0.1, -0.05) is 53.7 Å². The number of para-hydroxylation sites is 1. The number of aromatic nitrogens is 4. The zero-order valence-corrected chi connectivity index (χ0v) is 17.3. The van der Waals surface area contributed by atoms with Gasteiger partial charge in [0.05, 0.1) is 17.1 Å². The third-order valence-corrected chi connectivity index (χ3v) is 5.85. The Balaban J connectivity index is 1.60. The number of hydrogen-bond donors (Lipinski definition) is 0. The van der Waals surface area contributed by atoms with E-state index in [9.17, 15) is 4.79 Å². The van der Waals surface area contributed by atoms with Gasteiger partial charge in [0.25, 0.3) is 5.91 Å². The van der Waals surface area contributed by atoms with Crippen molar-refractivity contribution < 1.29 is 4.79 Å². The Morgan fingerprint density at radius 1 is 1.03 bits per heavy atom. The van der Waals surface area contributed by atoms with Gasteiger partial charge in [-0.2, -0.15) is 0 Å². The van der Waals surface area contributed by atoms with Crippen molar-refractivity contribution in [2.75, 3.05) is 7.05 Å². The highest BCUT2D eigenvalue weighted by atomic mass is 32.1. The number of amides is 1. The lowest BCUT2D eigenvalue weighted by molar-refractivity contribution is 0.0789. The highest BCUT2D eigenvalue weighted by Crippen LogP contribution is 2.30. The van der Waals surface area contributed by atoms with Crippen LogP contribution < -0.4 is 0 Å². The van der Waals surface area contributed by atoms with Gasteiger partial charge < -0.3 is 4.90 Å². The predicted molar refractivity (Wildman–Crippen MR) is 114 cm³/mol. The molecule has 4 aromatic rings. The molecule has 29 heavy (non-hydrogen) atoms. The molecule has 0 spiro atoms. The van der Waals surface area contributed by atoms with Crippen molar-refractivity contribution in [1.29, 1.82) is 0 Å². The summed E-state index contributed by atoms with van der Waals surface area (Å²) < 4.78 is 1.79. The fourth-order valence-electron chi connectivity index (χ4n) is 3.14. The standard InChI is InChI=1S/C22H21N5OS/c1-15-20(22(28)26(3)14-17-10-6-4-7-11-17)29-21(23-15)19-16(2)27(25-24-19)18-12-8-5-9-13-18/h4-13H,14H2,1-3H3. The lowest BCUT2D eigenvalue weighted by atomic mass is 10.2. The fourth-order valence-corrected chi connectivity index (χ4v) is 4.24. The number of thiazole rings is 1. The van der Waals surface area contributed by atoms with Gasteiger partial charge in [0.1, 0.15) is 15.6 Å².